The van der Waals surface area contributed by atoms with Gasteiger partial charge in [0, 0.05) is 18.2 Å². The average molecular weight is 395 g/mol. The molecule has 1 aromatic heterocycles. The van der Waals surface area contributed by atoms with E-state index in [1.54, 1.807) is 18.2 Å². The van der Waals surface area contributed by atoms with Crippen molar-refractivity contribution in [3.63, 3.8) is 0 Å². The fourth-order valence-electron chi connectivity index (χ4n) is 2.54. The van der Waals surface area contributed by atoms with Crippen LogP contribution in [0.1, 0.15) is 0 Å². The van der Waals surface area contributed by atoms with E-state index in [-0.39, 0.29) is 23.0 Å². The van der Waals surface area contributed by atoms with Crippen molar-refractivity contribution >= 4 is 29.0 Å². The van der Waals surface area contributed by atoms with E-state index in [0.717, 1.165) is 5.56 Å². The van der Waals surface area contributed by atoms with Gasteiger partial charge in [0.2, 0.25) is 5.91 Å². The fourth-order valence-corrected chi connectivity index (χ4v) is 3.29. The third-order valence-corrected chi connectivity index (χ3v) is 4.73. The van der Waals surface area contributed by atoms with Crippen molar-refractivity contribution in [1.82, 2.24) is 14.8 Å². The first-order valence-electron chi connectivity index (χ1n) is 8.35. The molecule has 0 saturated carbocycles. The molecular weight excluding hydrogens is 378 g/mol. The molecule has 0 aliphatic carbocycles. The van der Waals surface area contributed by atoms with Crippen molar-refractivity contribution in [3.05, 3.63) is 77.4 Å². The Morgan fingerprint density at radius 3 is 2.61 bits per heavy atom. The summed E-state index contributed by atoms with van der Waals surface area (Å²) in [5, 5.41) is 22.6. The molecule has 0 fully saturated rings. The average Bonchev–Trinajstić information content (AvgIpc) is 3.10. The van der Waals surface area contributed by atoms with Crippen LogP contribution in [-0.2, 0) is 11.3 Å². The zero-order chi connectivity index (χ0) is 19.9. The van der Waals surface area contributed by atoms with Gasteiger partial charge in [-0.15, -0.1) is 16.8 Å². The van der Waals surface area contributed by atoms with Crippen LogP contribution >= 0.6 is 11.8 Å². The lowest BCUT2D eigenvalue weighted by Gasteiger charge is -2.08. The number of benzene rings is 2. The molecule has 9 heteroatoms. The maximum absolute atomic E-state index is 12.3. The standard InChI is InChI=1S/C19H17N5O3S/c1-2-12-23-18(14-8-4-3-5-9-14)21-22-19(23)28-13-17(25)20-15-10-6-7-11-16(15)24(26)27/h2-11H,1,12-13H2,(H,20,25). The van der Waals surface area contributed by atoms with E-state index < -0.39 is 4.92 Å². The molecule has 2 aromatic carbocycles. The SMILES string of the molecule is C=CCn1c(SCC(=O)Nc2ccccc2[N+](=O)[O-])nnc1-c1ccccc1. The van der Waals surface area contributed by atoms with Crippen molar-refractivity contribution in [2.75, 3.05) is 11.1 Å². The van der Waals surface area contributed by atoms with Crippen molar-refractivity contribution in [3.8, 4) is 11.4 Å². The summed E-state index contributed by atoms with van der Waals surface area (Å²) in [6, 6.07) is 15.6. The Labute approximate surface area is 165 Å². The Bertz CT molecular complexity index is 1000. The lowest BCUT2D eigenvalue weighted by molar-refractivity contribution is -0.383. The Kier molecular flexibility index (Phi) is 6.18. The summed E-state index contributed by atoms with van der Waals surface area (Å²) in [5.74, 6) is 0.353. The number of rotatable bonds is 8. The number of nitrogens with one attached hydrogen (secondary N) is 1. The number of allylic oxidation sites excluding steroid dienone is 1. The molecular formula is C19H17N5O3S. The molecule has 142 valence electrons. The van der Waals surface area contributed by atoms with Gasteiger partial charge in [-0.05, 0) is 6.07 Å². The number of para-hydroxylation sites is 2. The Morgan fingerprint density at radius 2 is 1.89 bits per heavy atom. The van der Waals surface area contributed by atoms with Gasteiger partial charge in [0.05, 0.1) is 10.7 Å². The van der Waals surface area contributed by atoms with E-state index in [4.69, 9.17) is 0 Å². The molecule has 0 aliphatic rings. The van der Waals surface area contributed by atoms with Gasteiger partial charge in [0.15, 0.2) is 11.0 Å². The van der Waals surface area contributed by atoms with Crippen LogP contribution in [0.4, 0.5) is 11.4 Å². The first-order valence-corrected chi connectivity index (χ1v) is 9.34. The predicted molar refractivity (Wildman–Crippen MR) is 108 cm³/mol. The minimum atomic E-state index is -0.532. The van der Waals surface area contributed by atoms with Gasteiger partial charge in [0.1, 0.15) is 5.69 Å². The number of thioether (sulfide) groups is 1. The number of nitro benzene ring substituents is 1. The maximum Gasteiger partial charge on any atom is 0.292 e. The van der Waals surface area contributed by atoms with Gasteiger partial charge in [-0.3, -0.25) is 19.5 Å². The summed E-state index contributed by atoms with van der Waals surface area (Å²) in [6.07, 6.45) is 1.73. The smallest absolute Gasteiger partial charge is 0.292 e. The summed E-state index contributed by atoms with van der Waals surface area (Å²) in [7, 11) is 0. The zero-order valence-corrected chi connectivity index (χ0v) is 15.6. The lowest BCUT2D eigenvalue weighted by atomic mass is 10.2. The molecule has 0 bridgehead atoms. The monoisotopic (exact) mass is 395 g/mol. The number of hydrogen-bond acceptors (Lipinski definition) is 6. The number of amides is 1. The second-order valence-electron chi connectivity index (χ2n) is 5.68. The molecule has 0 atom stereocenters. The largest absolute Gasteiger partial charge is 0.320 e. The minimum absolute atomic E-state index is 0.0378. The first kappa shape index (κ1) is 19.3. The van der Waals surface area contributed by atoms with Crippen molar-refractivity contribution < 1.29 is 9.72 Å². The molecule has 1 amide bonds. The number of aromatic nitrogens is 3. The molecule has 1 N–H and O–H groups in total. The molecule has 3 rings (SSSR count). The summed E-state index contributed by atoms with van der Waals surface area (Å²) in [4.78, 5) is 22.8. The van der Waals surface area contributed by atoms with E-state index in [1.807, 2.05) is 34.9 Å². The van der Waals surface area contributed by atoms with Crippen LogP contribution in [0.15, 0.2) is 72.4 Å². The van der Waals surface area contributed by atoms with Gasteiger partial charge in [-0.25, -0.2) is 0 Å². The molecule has 28 heavy (non-hydrogen) atoms. The van der Waals surface area contributed by atoms with E-state index in [9.17, 15) is 14.9 Å². The minimum Gasteiger partial charge on any atom is -0.320 e. The first-order chi connectivity index (χ1) is 13.6. The van der Waals surface area contributed by atoms with Crippen LogP contribution in [0.25, 0.3) is 11.4 Å². The van der Waals surface area contributed by atoms with E-state index >= 15 is 0 Å². The van der Waals surface area contributed by atoms with Crippen molar-refractivity contribution in [1.29, 1.82) is 0 Å². The Morgan fingerprint density at radius 1 is 1.18 bits per heavy atom. The number of carbonyl (C=O) groups is 1. The maximum atomic E-state index is 12.3. The van der Waals surface area contributed by atoms with Crippen LogP contribution < -0.4 is 5.32 Å². The van der Waals surface area contributed by atoms with Crippen LogP contribution in [-0.4, -0.2) is 31.3 Å². The fraction of sp³-hybridized carbons (Fsp3) is 0.105. The van der Waals surface area contributed by atoms with Crippen molar-refractivity contribution in [2.24, 2.45) is 0 Å². The highest BCUT2D eigenvalue weighted by molar-refractivity contribution is 7.99. The van der Waals surface area contributed by atoms with Gasteiger partial charge < -0.3 is 5.32 Å². The summed E-state index contributed by atoms with van der Waals surface area (Å²) < 4.78 is 1.87. The van der Waals surface area contributed by atoms with Crippen LogP contribution in [0.5, 0.6) is 0 Å². The summed E-state index contributed by atoms with van der Waals surface area (Å²) >= 11 is 1.20. The number of carbonyl (C=O) groups excluding carboxylic acids is 1. The Balaban J connectivity index is 1.73. The second-order valence-corrected chi connectivity index (χ2v) is 6.63. The third-order valence-electron chi connectivity index (χ3n) is 3.77. The number of nitrogens with zero attached hydrogens (tertiary/aromatic N) is 4. The van der Waals surface area contributed by atoms with Crippen LogP contribution in [0.3, 0.4) is 0 Å². The topological polar surface area (TPSA) is 103 Å². The number of nitro groups is 1. The predicted octanol–water partition coefficient (Wildman–Crippen LogP) is 3.77. The highest BCUT2D eigenvalue weighted by atomic mass is 32.2. The highest BCUT2D eigenvalue weighted by Gasteiger charge is 2.17. The molecule has 8 nitrogen and oxygen atoms in total. The Hall–Kier alpha value is -3.46. The number of hydrogen-bond donors (Lipinski definition) is 1. The molecule has 0 aliphatic heterocycles. The van der Waals surface area contributed by atoms with E-state index in [1.165, 1.54) is 23.9 Å². The van der Waals surface area contributed by atoms with Crippen molar-refractivity contribution in [2.45, 2.75) is 11.7 Å². The molecule has 0 spiro atoms. The van der Waals surface area contributed by atoms with Crippen LogP contribution in [0, 0.1) is 10.1 Å². The quantitative estimate of drug-likeness (QED) is 0.269. The third kappa shape index (κ3) is 4.44. The highest BCUT2D eigenvalue weighted by Crippen LogP contribution is 2.26. The van der Waals surface area contributed by atoms with Gasteiger partial charge >= 0.3 is 0 Å². The van der Waals surface area contributed by atoms with Crippen LogP contribution in [0.2, 0.25) is 0 Å². The zero-order valence-electron chi connectivity index (χ0n) is 14.8. The van der Waals surface area contributed by atoms with E-state index in [0.29, 0.717) is 17.5 Å². The molecule has 3 aromatic rings. The molecule has 0 radical (unpaired) electrons. The van der Waals surface area contributed by atoms with E-state index in [2.05, 4.69) is 22.1 Å². The molecule has 0 unspecified atom stereocenters. The summed E-state index contributed by atoms with van der Waals surface area (Å²) in [6.45, 7) is 4.25. The molecule has 0 saturated heterocycles. The van der Waals surface area contributed by atoms with Gasteiger partial charge in [-0.2, -0.15) is 0 Å². The van der Waals surface area contributed by atoms with Gasteiger partial charge in [0.25, 0.3) is 5.69 Å². The van der Waals surface area contributed by atoms with Gasteiger partial charge in [-0.1, -0.05) is 60.3 Å². The summed E-state index contributed by atoms with van der Waals surface area (Å²) in [5.41, 5.74) is 0.922. The normalized spacial score (nSPS) is 10.4. The lowest BCUT2D eigenvalue weighted by Crippen LogP contribution is -2.15. The second kappa shape index (κ2) is 8.96. The number of anilines is 1. The molecule has 1 heterocycles.